The number of amides is 1. The first-order valence-corrected chi connectivity index (χ1v) is 9.72. The van der Waals surface area contributed by atoms with Crippen LogP contribution in [0.5, 0.6) is 0 Å². The topological polar surface area (TPSA) is 60.1 Å². The van der Waals surface area contributed by atoms with Gasteiger partial charge in [-0.05, 0) is 49.6 Å². The first kappa shape index (κ1) is 18.5. The second-order valence-electron chi connectivity index (χ2n) is 7.38. The number of furan rings is 1. The molecule has 3 aromatic rings. The average molecular weight is 381 g/mol. The van der Waals surface area contributed by atoms with Crippen LogP contribution in [-0.2, 0) is 17.8 Å². The van der Waals surface area contributed by atoms with Gasteiger partial charge in [-0.2, -0.15) is 0 Å². The molecule has 0 fully saturated rings. The number of hydrogen-bond acceptors (Lipinski definition) is 3. The quantitative estimate of drug-likeness (QED) is 0.690. The van der Waals surface area contributed by atoms with Crippen molar-refractivity contribution in [3.8, 4) is 0 Å². The summed E-state index contributed by atoms with van der Waals surface area (Å²) < 4.78 is 21.4. The Balaban J connectivity index is 1.61. The minimum atomic E-state index is -0.301. The Morgan fingerprint density at radius 2 is 2.29 bits per heavy atom. The van der Waals surface area contributed by atoms with Crippen LogP contribution in [0.1, 0.15) is 61.0 Å². The van der Waals surface area contributed by atoms with Crippen LogP contribution in [0.25, 0.3) is 0 Å². The highest BCUT2D eigenvalue weighted by Gasteiger charge is 2.27. The van der Waals surface area contributed by atoms with E-state index in [-0.39, 0.29) is 24.1 Å². The molecule has 6 heteroatoms. The SMILES string of the molecule is C[C@H]1CCCc2ncc([C@@H](CC(=O)NCc3ccco3)c3cccc(F)c3)n21. The molecular formula is C22H24FN3O2. The van der Waals surface area contributed by atoms with Crippen molar-refractivity contribution in [2.75, 3.05) is 0 Å². The Hall–Kier alpha value is -2.89. The number of nitrogens with one attached hydrogen (secondary N) is 1. The van der Waals surface area contributed by atoms with Gasteiger partial charge in [-0.1, -0.05) is 12.1 Å². The maximum atomic E-state index is 13.9. The third kappa shape index (κ3) is 3.86. The van der Waals surface area contributed by atoms with Crippen LogP contribution in [0.3, 0.4) is 0 Å². The predicted octanol–water partition coefficient (Wildman–Crippen LogP) is 4.35. The number of nitrogens with zero attached hydrogens (tertiary/aromatic N) is 2. The molecule has 2 aromatic heterocycles. The molecule has 0 saturated carbocycles. The smallest absolute Gasteiger partial charge is 0.221 e. The summed E-state index contributed by atoms with van der Waals surface area (Å²) in [7, 11) is 0. The van der Waals surface area contributed by atoms with Gasteiger partial charge in [0.2, 0.25) is 5.91 Å². The van der Waals surface area contributed by atoms with Crippen LogP contribution in [-0.4, -0.2) is 15.5 Å². The van der Waals surface area contributed by atoms with E-state index in [1.807, 2.05) is 18.3 Å². The standard InChI is InChI=1S/C22H24FN3O2/c1-15-5-2-9-21-24-14-20(26(15)21)19(16-6-3-7-17(23)11-16)12-22(27)25-13-18-8-4-10-28-18/h3-4,6-8,10-11,14-15,19H,2,5,9,12-13H2,1H3,(H,25,27)/t15-,19-/m0/s1. The third-order valence-corrected chi connectivity index (χ3v) is 5.40. The van der Waals surface area contributed by atoms with Gasteiger partial charge in [0.05, 0.1) is 12.8 Å². The van der Waals surface area contributed by atoms with Crippen LogP contribution in [0.15, 0.2) is 53.3 Å². The molecular weight excluding hydrogens is 357 g/mol. The molecule has 0 unspecified atom stereocenters. The number of imidazole rings is 1. The zero-order valence-corrected chi connectivity index (χ0v) is 15.9. The van der Waals surface area contributed by atoms with Crippen molar-refractivity contribution >= 4 is 5.91 Å². The molecule has 1 aromatic carbocycles. The van der Waals surface area contributed by atoms with Gasteiger partial charge in [0, 0.05) is 36.7 Å². The zero-order chi connectivity index (χ0) is 19.5. The number of aromatic nitrogens is 2. The van der Waals surface area contributed by atoms with Crippen LogP contribution < -0.4 is 5.32 Å². The van der Waals surface area contributed by atoms with Crippen molar-refractivity contribution in [1.29, 1.82) is 0 Å². The summed E-state index contributed by atoms with van der Waals surface area (Å²) >= 11 is 0. The maximum Gasteiger partial charge on any atom is 0.221 e. The molecule has 0 saturated heterocycles. The van der Waals surface area contributed by atoms with Gasteiger partial charge < -0.3 is 14.3 Å². The van der Waals surface area contributed by atoms with Gasteiger partial charge >= 0.3 is 0 Å². The monoisotopic (exact) mass is 381 g/mol. The molecule has 5 nitrogen and oxygen atoms in total. The molecule has 3 heterocycles. The van der Waals surface area contributed by atoms with Crippen molar-refractivity contribution in [1.82, 2.24) is 14.9 Å². The molecule has 0 bridgehead atoms. The number of benzene rings is 1. The highest BCUT2D eigenvalue weighted by atomic mass is 19.1. The molecule has 146 valence electrons. The van der Waals surface area contributed by atoms with Gasteiger partial charge in [-0.25, -0.2) is 9.37 Å². The summed E-state index contributed by atoms with van der Waals surface area (Å²) in [6.45, 7) is 2.51. The number of hydrogen-bond donors (Lipinski definition) is 1. The predicted molar refractivity (Wildman–Crippen MR) is 103 cm³/mol. The summed E-state index contributed by atoms with van der Waals surface area (Å²) in [5, 5.41) is 2.90. The molecule has 0 aliphatic carbocycles. The Bertz CT molecular complexity index is 949. The van der Waals surface area contributed by atoms with Crippen molar-refractivity contribution in [3.63, 3.8) is 0 Å². The number of carbonyl (C=O) groups excluding carboxylic acids is 1. The van der Waals surface area contributed by atoms with E-state index in [9.17, 15) is 9.18 Å². The van der Waals surface area contributed by atoms with Gasteiger partial charge in [0.25, 0.3) is 0 Å². The maximum absolute atomic E-state index is 13.9. The second-order valence-corrected chi connectivity index (χ2v) is 7.38. The number of halogens is 1. The highest BCUT2D eigenvalue weighted by Crippen LogP contribution is 2.34. The van der Waals surface area contributed by atoms with E-state index in [2.05, 4.69) is 21.8 Å². The summed E-state index contributed by atoms with van der Waals surface area (Å²) in [5.41, 5.74) is 1.76. The van der Waals surface area contributed by atoms with Crippen molar-refractivity contribution in [3.05, 3.63) is 77.5 Å². The second kappa shape index (κ2) is 8.00. The molecule has 28 heavy (non-hydrogen) atoms. The van der Waals surface area contributed by atoms with E-state index in [4.69, 9.17) is 4.42 Å². The first-order valence-electron chi connectivity index (χ1n) is 9.72. The fraction of sp³-hybridized carbons (Fsp3) is 0.364. The minimum absolute atomic E-state index is 0.107. The molecule has 2 atom stereocenters. The van der Waals surface area contributed by atoms with E-state index in [1.165, 1.54) is 12.1 Å². The minimum Gasteiger partial charge on any atom is -0.467 e. The lowest BCUT2D eigenvalue weighted by atomic mass is 9.91. The summed E-state index contributed by atoms with van der Waals surface area (Å²) in [6.07, 6.45) is 6.79. The lowest BCUT2D eigenvalue weighted by molar-refractivity contribution is -0.121. The van der Waals surface area contributed by atoms with Crippen LogP contribution in [0.4, 0.5) is 4.39 Å². The normalized spacial score (nSPS) is 17.1. The van der Waals surface area contributed by atoms with E-state index < -0.39 is 0 Å². The third-order valence-electron chi connectivity index (χ3n) is 5.40. The lowest BCUT2D eigenvalue weighted by Gasteiger charge is -2.27. The fourth-order valence-electron chi connectivity index (χ4n) is 4.02. The van der Waals surface area contributed by atoms with Crippen LogP contribution >= 0.6 is 0 Å². The molecule has 0 radical (unpaired) electrons. The number of rotatable bonds is 6. The number of aryl methyl sites for hydroxylation is 1. The lowest BCUT2D eigenvalue weighted by Crippen LogP contribution is -2.26. The van der Waals surface area contributed by atoms with E-state index in [1.54, 1.807) is 18.4 Å². The summed E-state index contributed by atoms with van der Waals surface area (Å²) in [5.74, 6) is 1.08. The largest absolute Gasteiger partial charge is 0.467 e. The van der Waals surface area contributed by atoms with Gasteiger partial charge in [0.1, 0.15) is 17.4 Å². The van der Waals surface area contributed by atoms with Crippen LogP contribution in [0, 0.1) is 5.82 Å². The van der Waals surface area contributed by atoms with E-state index >= 15 is 0 Å². The van der Waals surface area contributed by atoms with Gasteiger partial charge in [-0.15, -0.1) is 0 Å². The van der Waals surface area contributed by atoms with Crippen LogP contribution in [0.2, 0.25) is 0 Å². The molecule has 1 amide bonds. The number of fused-ring (bicyclic) bond motifs is 1. The molecule has 1 aliphatic rings. The Morgan fingerprint density at radius 3 is 3.07 bits per heavy atom. The Kier molecular flexibility index (Phi) is 5.28. The average Bonchev–Trinajstić information content (AvgIpc) is 3.35. The Morgan fingerprint density at radius 1 is 1.39 bits per heavy atom. The zero-order valence-electron chi connectivity index (χ0n) is 15.9. The first-order chi connectivity index (χ1) is 13.6. The van der Waals surface area contributed by atoms with Crippen molar-refractivity contribution < 1.29 is 13.6 Å². The summed E-state index contributed by atoms with van der Waals surface area (Å²) in [4.78, 5) is 17.3. The van der Waals surface area contributed by atoms with Crippen molar-refractivity contribution in [2.24, 2.45) is 0 Å². The van der Waals surface area contributed by atoms with Gasteiger partial charge in [-0.3, -0.25) is 4.79 Å². The summed E-state index contributed by atoms with van der Waals surface area (Å²) in [6, 6.07) is 10.4. The number of carbonyl (C=O) groups is 1. The fourth-order valence-corrected chi connectivity index (χ4v) is 4.02. The molecule has 1 N–H and O–H groups in total. The van der Waals surface area contributed by atoms with E-state index in [0.717, 1.165) is 36.3 Å². The molecule has 0 spiro atoms. The van der Waals surface area contributed by atoms with Crippen molar-refractivity contribution in [2.45, 2.75) is 51.1 Å². The molecule has 4 rings (SSSR count). The highest BCUT2D eigenvalue weighted by molar-refractivity contribution is 5.77. The Labute approximate surface area is 163 Å². The molecule has 1 aliphatic heterocycles. The van der Waals surface area contributed by atoms with Gasteiger partial charge in [0.15, 0.2) is 0 Å². The van der Waals surface area contributed by atoms with E-state index in [0.29, 0.717) is 18.3 Å².